The first-order chi connectivity index (χ1) is 4.97. The van der Waals surface area contributed by atoms with Crippen molar-refractivity contribution in [3.05, 3.63) is 0 Å². The van der Waals surface area contributed by atoms with E-state index in [1.807, 2.05) is 13.8 Å². The second kappa shape index (κ2) is 2.52. The molecule has 0 bridgehead atoms. The first kappa shape index (κ1) is 8.59. The number of thioether (sulfide) groups is 1. The second-order valence-corrected chi connectivity index (χ2v) is 4.48. The van der Waals surface area contributed by atoms with Crippen LogP contribution >= 0.6 is 11.8 Å². The molecule has 0 aromatic rings. The minimum atomic E-state index is -0.782. The van der Waals surface area contributed by atoms with Crippen LogP contribution < -0.4 is 0 Å². The zero-order valence-corrected chi connectivity index (χ0v) is 7.60. The number of nitrogens with zero attached hydrogens (tertiary/aromatic N) is 1. The summed E-state index contributed by atoms with van der Waals surface area (Å²) in [5, 5.41) is 9.73. The van der Waals surface area contributed by atoms with Crippen molar-refractivity contribution in [1.29, 1.82) is 0 Å². The van der Waals surface area contributed by atoms with Crippen LogP contribution in [-0.4, -0.2) is 26.9 Å². The molecule has 62 valence electrons. The van der Waals surface area contributed by atoms with Gasteiger partial charge >= 0.3 is 5.97 Å². The maximum atomic E-state index is 10.8. The highest BCUT2D eigenvalue weighted by Gasteiger charge is 2.44. The van der Waals surface area contributed by atoms with E-state index in [1.165, 1.54) is 11.8 Å². The van der Waals surface area contributed by atoms with Crippen LogP contribution in [0.1, 0.15) is 20.8 Å². The van der Waals surface area contributed by atoms with Crippen molar-refractivity contribution in [2.75, 3.05) is 0 Å². The molecule has 1 aliphatic heterocycles. The monoisotopic (exact) mass is 173 g/mol. The van der Waals surface area contributed by atoms with Gasteiger partial charge in [-0.3, -0.25) is 9.79 Å². The minimum Gasteiger partial charge on any atom is -0.480 e. The predicted molar refractivity (Wildman–Crippen MR) is 46.2 cm³/mol. The summed E-state index contributed by atoms with van der Waals surface area (Å²) < 4.78 is -0.746. The second-order valence-electron chi connectivity index (χ2n) is 2.84. The van der Waals surface area contributed by atoms with Crippen LogP contribution in [0.5, 0.6) is 0 Å². The van der Waals surface area contributed by atoms with E-state index in [9.17, 15) is 4.79 Å². The molecular formula is C7H11NO2S. The molecule has 0 aromatic heterocycles. The molecule has 1 rings (SSSR count). The van der Waals surface area contributed by atoms with Gasteiger partial charge in [0.2, 0.25) is 0 Å². The SMILES string of the molecule is CC1=NC(C)C(C)(C(=O)O)S1. The van der Waals surface area contributed by atoms with Crippen LogP contribution in [0.15, 0.2) is 4.99 Å². The van der Waals surface area contributed by atoms with E-state index in [0.717, 1.165) is 5.04 Å². The molecule has 4 heteroatoms. The molecule has 0 amide bonds. The highest BCUT2D eigenvalue weighted by atomic mass is 32.2. The number of aliphatic imine (C=N–C) groups is 1. The summed E-state index contributed by atoms with van der Waals surface area (Å²) in [4.78, 5) is 14.9. The smallest absolute Gasteiger partial charge is 0.322 e. The van der Waals surface area contributed by atoms with Gasteiger partial charge in [-0.25, -0.2) is 0 Å². The van der Waals surface area contributed by atoms with Crippen molar-refractivity contribution >= 4 is 22.8 Å². The van der Waals surface area contributed by atoms with E-state index in [4.69, 9.17) is 5.11 Å². The van der Waals surface area contributed by atoms with Gasteiger partial charge in [0.1, 0.15) is 4.75 Å². The first-order valence-electron chi connectivity index (χ1n) is 3.43. The molecular weight excluding hydrogens is 162 g/mol. The van der Waals surface area contributed by atoms with Crippen LogP contribution in [0.4, 0.5) is 0 Å². The summed E-state index contributed by atoms with van der Waals surface area (Å²) in [5.74, 6) is -0.782. The number of rotatable bonds is 1. The Balaban J connectivity index is 2.86. The molecule has 1 heterocycles. The lowest BCUT2D eigenvalue weighted by Crippen LogP contribution is -2.38. The standard InChI is InChI=1S/C7H11NO2S/c1-4-7(3,6(9)10)11-5(2)8-4/h4H,1-3H3,(H,9,10). The number of hydrogen-bond donors (Lipinski definition) is 1. The summed E-state index contributed by atoms with van der Waals surface area (Å²) in [6.07, 6.45) is 0. The van der Waals surface area contributed by atoms with E-state index in [-0.39, 0.29) is 6.04 Å². The Morgan fingerprint density at radius 3 is 2.55 bits per heavy atom. The Kier molecular flexibility index (Phi) is 1.96. The van der Waals surface area contributed by atoms with Gasteiger partial charge in [0.15, 0.2) is 0 Å². The van der Waals surface area contributed by atoms with E-state index in [2.05, 4.69) is 4.99 Å². The number of carboxylic acid groups (broad SMARTS) is 1. The van der Waals surface area contributed by atoms with Crippen LogP contribution in [-0.2, 0) is 4.79 Å². The van der Waals surface area contributed by atoms with Crippen molar-refractivity contribution in [3.63, 3.8) is 0 Å². The Bertz CT molecular complexity index is 226. The van der Waals surface area contributed by atoms with Crippen LogP contribution in [0, 0.1) is 0 Å². The Morgan fingerprint density at radius 2 is 2.36 bits per heavy atom. The lowest BCUT2D eigenvalue weighted by Gasteiger charge is -2.20. The molecule has 0 fully saturated rings. The minimum absolute atomic E-state index is 0.120. The molecule has 0 spiro atoms. The third-order valence-electron chi connectivity index (χ3n) is 1.96. The fourth-order valence-electron chi connectivity index (χ4n) is 1.04. The molecule has 1 aliphatic rings. The summed E-state index contributed by atoms with van der Waals surface area (Å²) in [6, 6.07) is -0.120. The Hall–Kier alpha value is -0.510. The van der Waals surface area contributed by atoms with Crippen molar-refractivity contribution in [2.24, 2.45) is 4.99 Å². The fourth-order valence-corrected chi connectivity index (χ4v) is 2.17. The van der Waals surface area contributed by atoms with E-state index in [0.29, 0.717) is 0 Å². The topological polar surface area (TPSA) is 49.7 Å². The molecule has 0 radical (unpaired) electrons. The molecule has 0 saturated carbocycles. The summed E-state index contributed by atoms with van der Waals surface area (Å²) in [6.45, 7) is 5.39. The van der Waals surface area contributed by atoms with Gasteiger partial charge in [0.05, 0.1) is 11.1 Å². The van der Waals surface area contributed by atoms with Crippen molar-refractivity contribution in [1.82, 2.24) is 0 Å². The number of aliphatic carboxylic acids is 1. The van der Waals surface area contributed by atoms with Crippen LogP contribution in [0.2, 0.25) is 0 Å². The van der Waals surface area contributed by atoms with Gasteiger partial charge in [-0.05, 0) is 20.8 Å². The molecule has 2 atom stereocenters. The largest absolute Gasteiger partial charge is 0.480 e. The van der Waals surface area contributed by atoms with E-state index in [1.54, 1.807) is 6.92 Å². The van der Waals surface area contributed by atoms with Gasteiger partial charge in [-0.15, -0.1) is 0 Å². The summed E-state index contributed by atoms with van der Waals surface area (Å²) in [5.41, 5.74) is 0. The zero-order chi connectivity index (χ0) is 8.65. The quantitative estimate of drug-likeness (QED) is 0.651. The summed E-state index contributed by atoms with van der Waals surface area (Å²) in [7, 11) is 0. The number of hydrogen-bond acceptors (Lipinski definition) is 3. The van der Waals surface area contributed by atoms with Crippen molar-refractivity contribution < 1.29 is 9.90 Å². The molecule has 3 nitrogen and oxygen atoms in total. The maximum Gasteiger partial charge on any atom is 0.322 e. The third-order valence-corrected chi connectivity index (χ3v) is 3.30. The van der Waals surface area contributed by atoms with Gasteiger partial charge in [0, 0.05) is 0 Å². The van der Waals surface area contributed by atoms with Crippen molar-refractivity contribution in [3.8, 4) is 0 Å². The van der Waals surface area contributed by atoms with E-state index >= 15 is 0 Å². The number of carboxylic acids is 1. The van der Waals surface area contributed by atoms with Crippen molar-refractivity contribution in [2.45, 2.75) is 31.6 Å². The highest BCUT2D eigenvalue weighted by Crippen LogP contribution is 2.37. The molecule has 2 unspecified atom stereocenters. The van der Waals surface area contributed by atoms with Crippen LogP contribution in [0.3, 0.4) is 0 Å². The van der Waals surface area contributed by atoms with Gasteiger partial charge in [-0.1, -0.05) is 11.8 Å². The van der Waals surface area contributed by atoms with Crippen LogP contribution in [0.25, 0.3) is 0 Å². The lowest BCUT2D eigenvalue weighted by molar-refractivity contribution is -0.139. The molecule has 11 heavy (non-hydrogen) atoms. The van der Waals surface area contributed by atoms with Gasteiger partial charge in [0.25, 0.3) is 0 Å². The maximum absolute atomic E-state index is 10.8. The fraction of sp³-hybridized carbons (Fsp3) is 0.714. The molecule has 0 aromatic carbocycles. The summed E-state index contributed by atoms with van der Waals surface area (Å²) >= 11 is 1.33. The lowest BCUT2D eigenvalue weighted by atomic mass is 10.0. The highest BCUT2D eigenvalue weighted by molar-refractivity contribution is 8.16. The van der Waals surface area contributed by atoms with Gasteiger partial charge < -0.3 is 5.11 Å². The van der Waals surface area contributed by atoms with Gasteiger partial charge in [-0.2, -0.15) is 0 Å². The molecule has 1 N–H and O–H groups in total. The zero-order valence-electron chi connectivity index (χ0n) is 6.79. The first-order valence-corrected chi connectivity index (χ1v) is 4.25. The average Bonchev–Trinajstić information content (AvgIpc) is 2.08. The van der Waals surface area contributed by atoms with E-state index < -0.39 is 10.7 Å². The Morgan fingerprint density at radius 1 is 1.82 bits per heavy atom. The normalized spacial score (nSPS) is 37.0. The molecule has 0 saturated heterocycles. The predicted octanol–water partition coefficient (Wildman–Crippen LogP) is 1.38. The third kappa shape index (κ3) is 1.27. The Labute approximate surface area is 69.9 Å². The average molecular weight is 173 g/mol. The molecule has 0 aliphatic carbocycles. The number of carbonyl (C=O) groups is 1.